The van der Waals surface area contributed by atoms with Crippen molar-refractivity contribution in [2.45, 2.75) is 63.8 Å². The summed E-state index contributed by atoms with van der Waals surface area (Å²) in [5.74, 6) is 1.76. The Kier molecular flexibility index (Phi) is 8.43. The van der Waals surface area contributed by atoms with Crippen molar-refractivity contribution >= 4 is 17.3 Å². The first kappa shape index (κ1) is 29.3. The average Bonchev–Trinajstić information content (AvgIpc) is 2.96. The lowest BCUT2D eigenvalue weighted by atomic mass is 9.77. The van der Waals surface area contributed by atoms with Gasteiger partial charge in [0.25, 0.3) is 0 Å². The van der Waals surface area contributed by atoms with Gasteiger partial charge in [-0.1, -0.05) is 35.9 Å². The quantitative estimate of drug-likeness (QED) is 0.319. The minimum atomic E-state index is -0.871. The highest BCUT2D eigenvalue weighted by molar-refractivity contribution is 6.30. The predicted octanol–water partition coefficient (Wildman–Crippen LogP) is 6.61. The van der Waals surface area contributed by atoms with Gasteiger partial charge in [-0.05, 0) is 118 Å². The molecule has 0 aromatic heterocycles. The molecule has 224 valence electrons. The lowest BCUT2D eigenvalue weighted by Gasteiger charge is -2.45. The van der Waals surface area contributed by atoms with Crippen molar-refractivity contribution in [2.75, 3.05) is 44.9 Å². The maximum Gasteiger partial charge on any atom is 0.161 e. The van der Waals surface area contributed by atoms with Crippen LogP contribution in [-0.2, 0) is 16.8 Å². The summed E-state index contributed by atoms with van der Waals surface area (Å²) in [5.41, 5.74) is 4.88. The topological polar surface area (TPSA) is 54.4 Å². The Morgan fingerprint density at radius 1 is 0.952 bits per heavy atom. The third-order valence-electron chi connectivity index (χ3n) is 9.45. The molecule has 3 aliphatic heterocycles. The van der Waals surface area contributed by atoms with Crippen LogP contribution in [0.25, 0.3) is 0 Å². The van der Waals surface area contributed by atoms with Gasteiger partial charge in [-0.3, -0.25) is 4.90 Å². The number of ether oxygens (including phenoxy) is 3. The lowest BCUT2D eigenvalue weighted by molar-refractivity contribution is -0.0920. The van der Waals surface area contributed by atoms with E-state index in [0.29, 0.717) is 6.04 Å². The summed E-state index contributed by atoms with van der Waals surface area (Å²) in [6.07, 6.45) is 2.92. The Labute approximate surface area is 255 Å². The number of nitrogens with zero attached hydrogens (tertiary/aromatic N) is 2. The van der Waals surface area contributed by atoms with Gasteiger partial charge in [0.05, 0.1) is 44.1 Å². The number of piperidine rings is 1. The van der Waals surface area contributed by atoms with E-state index in [9.17, 15) is 5.11 Å². The van der Waals surface area contributed by atoms with E-state index in [2.05, 4.69) is 58.3 Å². The van der Waals surface area contributed by atoms with Crippen molar-refractivity contribution in [3.05, 3.63) is 87.9 Å². The molecule has 42 heavy (non-hydrogen) atoms. The van der Waals surface area contributed by atoms with Crippen LogP contribution in [0.1, 0.15) is 61.9 Å². The third-order valence-corrected chi connectivity index (χ3v) is 9.70. The zero-order valence-corrected chi connectivity index (χ0v) is 25.9. The Morgan fingerprint density at radius 2 is 1.64 bits per heavy atom. The number of hydrogen-bond acceptors (Lipinski definition) is 6. The zero-order valence-electron chi connectivity index (χ0n) is 25.2. The number of halogens is 1. The second-order valence-electron chi connectivity index (χ2n) is 12.5. The van der Waals surface area contributed by atoms with Gasteiger partial charge in [-0.25, -0.2) is 0 Å². The molecule has 7 heteroatoms. The van der Waals surface area contributed by atoms with Crippen molar-refractivity contribution in [1.82, 2.24) is 4.90 Å². The highest BCUT2D eigenvalue weighted by atomic mass is 35.5. The Morgan fingerprint density at radius 3 is 2.24 bits per heavy atom. The molecule has 3 aromatic rings. The van der Waals surface area contributed by atoms with E-state index >= 15 is 0 Å². The smallest absolute Gasteiger partial charge is 0.161 e. The van der Waals surface area contributed by atoms with Crippen molar-refractivity contribution in [2.24, 2.45) is 5.92 Å². The van der Waals surface area contributed by atoms with Gasteiger partial charge in [0.15, 0.2) is 11.5 Å². The summed E-state index contributed by atoms with van der Waals surface area (Å²) in [4.78, 5) is 4.98. The number of anilines is 1. The minimum absolute atomic E-state index is 0.0161. The molecule has 3 aromatic carbocycles. The van der Waals surface area contributed by atoms with Crippen molar-refractivity contribution in [3.63, 3.8) is 0 Å². The van der Waals surface area contributed by atoms with Crippen LogP contribution in [-0.4, -0.2) is 62.1 Å². The van der Waals surface area contributed by atoms with E-state index in [1.807, 2.05) is 32.9 Å². The predicted molar refractivity (Wildman–Crippen MR) is 168 cm³/mol. The van der Waals surface area contributed by atoms with Crippen molar-refractivity contribution < 1.29 is 19.3 Å². The van der Waals surface area contributed by atoms with Crippen LogP contribution in [0, 0.1) is 5.92 Å². The van der Waals surface area contributed by atoms with Gasteiger partial charge in [0.2, 0.25) is 0 Å². The molecular weight excluding hydrogens is 548 g/mol. The van der Waals surface area contributed by atoms with Crippen molar-refractivity contribution in [1.29, 1.82) is 0 Å². The molecule has 0 bridgehead atoms. The molecule has 2 unspecified atom stereocenters. The number of benzene rings is 3. The van der Waals surface area contributed by atoms with E-state index in [0.717, 1.165) is 79.9 Å². The van der Waals surface area contributed by atoms with Crippen LogP contribution in [0.4, 0.5) is 5.69 Å². The summed E-state index contributed by atoms with van der Waals surface area (Å²) >= 11 is 6.30. The normalized spacial score (nSPS) is 21.5. The van der Waals surface area contributed by atoms with Crippen LogP contribution < -0.4 is 14.4 Å². The molecule has 2 atom stereocenters. The number of rotatable bonds is 8. The van der Waals surface area contributed by atoms with E-state index < -0.39 is 5.60 Å². The summed E-state index contributed by atoms with van der Waals surface area (Å²) in [5, 5.41) is 12.5. The third kappa shape index (κ3) is 5.74. The molecule has 2 fully saturated rings. The monoisotopic (exact) mass is 590 g/mol. The average molecular weight is 591 g/mol. The first-order valence-electron chi connectivity index (χ1n) is 15.3. The molecule has 0 aliphatic carbocycles. The molecule has 0 spiro atoms. The summed E-state index contributed by atoms with van der Waals surface area (Å²) in [6.45, 7) is 10.7. The molecule has 3 heterocycles. The molecule has 2 saturated heterocycles. The highest BCUT2D eigenvalue weighted by Gasteiger charge is 2.39. The van der Waals surface area contributed by atoms with Gasteiger partial charge >= 0.3 is 0 Å². The molecule has 0 saturated carbocycles. The largest absolute Gasteiger partial charge is 0.493 e. The van der Waals surface area contributed by atoms with Gasteiger partial charge in [-0.15, -0.1) is 0 Å². The first-order chi connectivity index (χ1) is 20.2. The molecular formula is C35H43ClN2O4. The van der Waals surface area contributed by atoms with Crippen LogP contribution >= 0.6 is 11.6 Å². The van der Waals surface area contributed by atoms with E-state index in [1.165, 1.54) is 16.7 Å². The molecule has 0 radical (unpaired) electrons. The van der Waals surface area contributed by atoms with Gasteiger partial charge < -0.3 is 24.2 Å². The van der Waals surface area contributed by atoms with Crippen LogP contribution in [0.15, 0.2) is 60.7 Å². The molecule has 3 aliphatic rings. The Bertz CT molecular complexity index is 1360. The summed E-state index contributed by atoms with van der Waals surface area (Å²) in [6, 6.07) is 21.6. The fourth-order valence-electron chi connectivity index (χ4n) is 6.90. The summed E-state index contributed by atoms with van der Waals surface area (Å²) < 4.78 is 17.3. The van der Waals surface area contributed by atoms with E-state index in [4.69, 9.17) is 25.8 Å². The van der Waals surface area contributed by atoms with Crippen LogP contribution in [0.3, 0.4) is 0 Å². The SMILES string of the molecule is COc1cc2c(cc1OC(C)C)C(c1ccc(Cl)cc1)N(c1ccc(C(C)(O)C3CCN(C4COC4)CC3)cc1)CC2. The van der Waals surface area contributed by atoms with Gasteiger partial charge in [0, 0.05) is 17.3 Å². The number of hydrogen-bond donors (Lipinski definition) is 1. The maximum atomic E-state index is 11.8. The van der Waals surface area contributed by atoms with E-state index in [-0.39, 0.29) is 18.1 Å². The van der Waals surface area contributed by atoms with Crippen LogP contribution in [0.5, 0.6) is 11.5 Å². The standard InChI is InChI=1S/C35H43ClN2O4/c1-23(2)42-33-20-31-25(19-32(33)40-4)13-18-38(34(31)24-5-9-28(36)10-6-24)29-11-7-26(8-12-29)35(3,39)27-14-16-37(17-15-27)30-21-41-22-30/h5-12,19-20,23,27,30,34,39H,13-18,21-22H2,1-4H3. The maximum absolute atomic E-state index is 11.8. The fourth-order valence-corrected chi connectivity index (χ4v) is 7.03. The van der Waals surface area contributed by atoms with Crippen molar-refractivity contribution in [3.8, 4) is 11.5 Å². The summed E-state index contributed by atoms with van der Waals surface area (Å²) in [7, 11) is 1.70. The molecule has 6 nitrogen and oxygen atoms in total. The molecule has 6 rings (SSSR count). The lowest BCUT2D eigenvalue weighted by Crippen LogP contribution is -2.53. The Hall–Kier alpha value is -2.77. The zero-order chi connectivity index (χ0) is 29.4. The van der Waals surface area contributed by atoms with Gasteiger partial charge in [-0.2, -0.15) is 0 Å². The van der Waals surface area contributed by atoms with Crippen LogP contribution in [0.2, 0.25) is 5.02 Å². The molecule has 1 N–H and O–H groups in total. The number of fused-ring (bicyclic) bond motifs is 1. The number of methoxy groups -OCH3 is 1. The molecule has 0 amide bonds. The van der Waals surface area contributed by atoms with E-state index in [1.54, 1.807) is 7.11 Å². The fraction of sp³-hybridized carbons (Fsp3) is 0.486. The second kappa shape index (κ2) is 12.1. The number of likely N-dealkylation sites (tertiary alicyclic amines) is 1. The Balaban J connectivity index is 1.29. The highest BCUT2D eigenvalue weighted by Crippen LogP contribution is 2.44. The van der Waals surface area contributed by atoms with Gasteiger partial charge in [0.1, 0.15) is 0 Å². The second-order valence-corrected chi connectivity index (χ2v) is 12.9. The minimum Gasteiger partial charge on any atom is -0.493 e. The number of aliphatic hydroxyl groups is 1. The first-order valence-corrected chi connectivity index (χ1v) is 15.7.